The summed E-state index contributed by atoms with van der Waals surface area (Å²) in [6.45, 7) is 7.62. The van der Waals surface area contributed by atoms with E-state index in [1.807, 2.05) is 18.0 Å². The summed E-state index contributed by atoms with van der Waals surface area (Å²) in [5.41, 5.74) is 0.718. The highest BCUT2D eigenvalue weighted by atomic mass is 16.5. The van der Waals surface area contributed by atoms with E-state index in [2.05, 4.69) is 28.6 Å². The Hall–Kier alpha value is -2.11. The van der Waals surface area contributed by atoms with Gasteiger partial charge in [0.15, 0.2) is 0 Å². The summed E-state index contributed by atoms with van der Waals surface area (Å²) in [6.07, 6.45) is 4.69. The van der Waals surface area contributed by atoms with Gasteiger partial charge < -0.3 is 14.0 Å². The zero-order valence-corrected chi connectivity index (χ0v) is 12.6. The molecule has 1 atom stereocenters. The van der Waals surface area contributed by atoms with Gasteiger partial charge in [0.1, 0.15) is 5.82 Å². The maximum atomic E-state index is 12.8. The first-order chi connectivity index (χ1) is 10.1. The van der Waals surface area contributed by atoms with E-state index in [-0.39, 0.29) is 17.9 Å². The first kappa shape index (κ1) is 13.9. The van der Waals surface area contributed by atoms with Crippen LogP contribution in [0.1, 0.15) is 48.4 Å². The second kappa shape index (κ2) is 5.35. The van der Waals surface area contributed by atoms with Gasteiger partial charge in [0, 0.05) is 31.5 Å². The van der Waals surface area contributed by atoms with Crippen molar-refractivity contribution >= 4 is 5.91 Å². The van der Waals surface area contributed by atoms with Crippen molar-refractivity contribution in [3.05, 3.63) is 35.7 Å². The maximum absolute atomic E-state index is 12.8. The lowest BCUT2D eigenvalue weighted by Crippen LogP contribution is -2.37. The molecule has 1 amide bonds. The van der Waals surface area contributed by atoms with Crippen molar-refractivity contribution < 1.29 is 9.32 Å². The molecule has 6 heteroatoms. The van der Waals surface area contributed by atoms with E-state index < -0.39 is 0 Å². The number of hydrogen-bond donors (Lipinski definition) is 0. The van der Waals surface area contributed by atoms with E-state index in [1.54, 1.807) is 12.3 Å². The molecule has 3 heterocycles. The summed E-state index contributed by atoms with van der Waals surface area (Å²) in [4.78, 5) is 19.1. The monoisotopic (exact) mass is 288 g/mol. The van der Waals surface area contributed by atoms with Crippen LogP contribution in [0.4, 0.5) is 0 Å². The fraction of sp³-hybridized carbons (Fsp3) is 0.533. The van der Waals surface area contributed by atoms with Crippen LogP contribution in [0.25, 0.3) is 0 Å². The number of carbonyl (C=O) groups is 1. The van der Waals surface area contributed by atoms with Gasteiger partial charge in [-0.2, -0.15) is 0 Å². The Morgan fingerprint density at radius 3 is 2.90 bits per heavy atom. The lowest BCUT2D eigenvalue weighted by atomic mass is 10.0. The molecule has 1 unspecified atom stereocenters. The minimum atomic E-state index is -0.106. The number of rotatable bonds is 2. The number of nitrogens with zero attached hydrogens (tertiary/aromatic N) is 4. The smallest absolute Gasteiger partial charge is 0.293 e. The topological polar surface area (TPSA) is 64.2 Å². The molecular formula is C15H20N4O2. The summed E-state index contributed by atoms with van der Waals surface area (Å²) in [7, 11) is 0. The Morgan fingerprint density at radius 1 is 1.43 bits per heavy atom. The van der Waals surface area contributed by atoms with Crippen LogP contribution in [-0.4, -0.2) is 32.1 Å². The molecule has 1 aliphatic rings. The van der Waals surface area contributed by atoms with Crippen molar-refractivity contribution in [2.24, 2.45) is 5.92 Å². The Bertz CT molecular complexity index is 644. The summed E-state index contributed by atoms with van der Waals surface area (Å²) in [5, 5.41) is 3.82. The highest BCUT2D eigenvalue weighted by molar-refractivity contribution is 5.91. The average Bonchev–Trinajstić information content (AvgIpc) is 3.02. The van der Waals surface area contributed by atoms with Gasteiger partial charge in [-0.25, -0.2) is 4.98 Å². The third kappa shape index (κ3) is 2.46. The zero-order chi connectivity index (χ0) is 15.0. The molecule has 0 bridgehead atoms. The average molecular weight is 288 g/mol. The van der Waals surface area contributed by atoms with Crippen LogP contribution in [0.2, 0.25) is 0 Å². The predicted octanol–water partition coefficient (Wildman–Crippen LogP) is 2.42. The van der Waals surface area contributed by atoms with Crippen molar-refractivity contribution in [2.45, 2.75) is 39.8 Å². The SMILES string of the molecule is Cc1cc(C(=O)N2CCCn3ccnc3C2C(C)C)on1. The summed E-state index contributed by atoms with van der Waals surface area (Å²) in [5.74, 6) is 1.42. The molecular weight excluding hydrogens is 268 g/mol. The van der Waals surface area contributed by atoms with Gasteiger partial charge in [-0.3, -0.25) is 4.79 Å². The number of carbonyl (C=O) groups excluding carboxylic acids is 1. The number of aromatic nitrogens is 3. The Kier molecular flexibility index (Phi) is 3.53. The highest BCUT2D eigenvalue weighted by Gasteiger charge is 2.34. The molecule has 6 nitrogen and oxygen atoms in total. The molecule has 0 radical (unpaired) electrons. The van der Waals surface area contributed by atoms with Crippen LogP contribution >= 0.6 is 0 Å². The number of fused-ring (bicyclic) bond motifs is 1. The normalized spacial score (nSPS) is 18.7. The molecule has 0 spiro atoms. The van der Waals surface area contributed by atoms with Crippen LogP contribution in [0, 0.1) is 12.8 Å². The number of amides is 1. The molecule has 3 rings (SSSR count). The largest absolute Gasteiger partial charge is 0.351 e. The highest BCUT2D eigenvalue weighted by Crippen LogP contribution is 2.31. The lowest BCUT2D eigenvalue weighted by molar-refractivity contribution is 0.0580. The quantitative estimate of drug-likeness (QED) is 0.851. The molecule has 0 N–H and O–H groups in total. The minimum absolute atomic E-state index is 0.0413. The first-order valence-corrected chi connectivity index (χ1v) is 7.33. The van der Waals surface area contributed by atoms with E-state index in [1.165, 1.54) is 0 Å². The van der Waals surface area contributed by atoms with Crippen LogP contribution in [0.5, 0.6) is 0 Å². The van der Waals surface area contributed by atoms with E-state index in [0.717, 1.165) is 24.5 Å². The van der Waals surface area contributed by atoms with Crippen molar-refractivity contribution in [3.8, 4) is 0 Å². The van der Waals surface area contributed by atoms with E-state index in [4.69, 9.17) is 4.52 Å². The molecule has 112 valence electrons. The molecule has 21 heavy (non-hydrogen) atoms. The minimum Gasteiger partial charge on any atom is -0.351 e. The third-order valence-corrected chi connectivity index (χ3v) is 3.88. The molecule has 0 saturated heterocycles. The van der Waals surface area contributed by atoms with Gasteiger partial charge in [0.25, 0.3) is 5.91 Å². The summed E-state index contributed by atoms with van der Waals surface area (Å²) < 4.78 is 7.29. The third-order valence-electron chi connectivity index (χ3n) is 3.88. The second-order valence-corrected chi connectivity index (χ2v) is 5.85. The van der Waals surface area contributed by atoms with Crippen molar-refractivity contribution in [1.82, 2.24) is 19.6 Å². The molecule has 0 saturated carbocycles. The zero-order valence-electron chi connectivity index (χ0n) is 12.6. The van der Waals surface area contributed by atoms with Crippen molar-refractivity contribution in [2.75, 3.05) is 6.54 Å². The molecule has 0 fully saturated rings. The van der Waals surface area contributed by atoms with Crippen LogP contribution < -0.4 is 0 Å². The van der Waals surface area contributed by atoms with Crippen molar-refractivity contribution in [1.29, 1.82) is 0 Å². The second-order valence-electron chi connectivity index (χ2n) is 5.85. The maximum Gasteiger partial charge on any atom is 0.293 e. The molecule has 1 aliphatic heterocycles. The molecule has 0 aromatic carbocycles. The number of hydrogen-bond acceptors (Lipinski definition) is 4. The molecule has 2 aromatic rings. The number of imidazole rings is 1. The van der Waals surface area contributed by atoms with Crippen LogP contribution in [0.3, 0.4) is 0 Å². The van der Waals surface area contributed by atoms with Gasteiger partial charge in [0.05, 0.1) is 11.7 Å². The van der Waals surface area contributed by atoms with Crippen LogP contribution in [-0.2, 0) is 6.54 Å². The van der Waals surface area contributed by atoms with Crippen molar-refractivity contribution in [3.63, 3.8) is 0 Å². The van der Waals surface area contributed by atoms with E-state index >= 15 is 0 Å². The van der Waals surface area contributed by atoms with Gasteiger partial charge in [-0.05, 0) is 19.3 Å². The Labute approximate surface area is 123 Å². The Balaban J connectivity index is 1.98. The van der Waals surface area contributed by atoms with Gasteiger partial charge in [-0.15, -0.1) is 0 Å². The lowest BCUT2D eigenvalue weighted by Gasteiger charge is -2.31. The molecule has 0 aliphatic carbocycles. The summed E-state index contributed by atoms with van der Waals surface area (Å²) in [6, 6.07) is 1.65. The first-order valence-electron chi connectivity index (χ1n) is 7.33. The van der Waals surface area contributed by atoms with Crippen LogP contribution in [0.15, 0.2) is 23.0 Å². The van der Waals surface area contributed by atoms with Gasteiger partial charge in [0.2, 0.25) is 5.76 Å². The van der Waals surface area contributed by atoms with Gasteiger partial charge >= 0.3 is 0 Å². The fourth-order valence-electron chi connectivity index (χ4n) is 2.96. The Morgan fingerprint density at radius 2 is 2.24 bits per heavy atom. The number of aryl methyl sites for hydroxylation is 2. The molecule has 2 aromatic heterocycles. The van der Waals surface area contributed by atoms with Gasteiger partial charge in [-0.1, -0.05) is 19.0 Å². The predicted molar refractivity (Wildman–Crippen MR) is 76.7 cm³/mol. The standard InChI is InChI=1S/C15H20N4O2/c1-10(2)13-14-16-5-8-18(14)6-4-7-19(13)15(20)12-9-11(3)17-21-12/h5,8-10,13H,4,6-7H2,1-3H3. The summed E-state index contributed by atoms with van der Waals surface area (Å²) >= 11 is 0. The van der Waals surface area contributed by atoms with E-state index in [0.29, 0.717) is 12.3 Å². The fourth-order valence-corrected chi connectivity index (χ4v) is 2.96. The van der Waals surface area contributed by atoms with E-state index in [9.17, 15) is 4.79 Å².